The normalized spacial score (nSPS) is 22.8. The van der Waals surface area contributed by atoms with E-state index in [9.17, 15) is 9.90 Å². The topological polar surface area (TPSA) is 90.6 Å². The van der Waals surface area contributed by atoms with Gasteiger partial charge in [-0.3, -0.25) is 0 Å². The molecule has 1 rings (SSSR count). The van der Waals surface area contributed by atoms with E-state index in [0.29, 0.717) is 17.8 Å². The smallest absolute Gasteiger partial charge is 0.339 e. The maximum Gasteiger partial charge on any atom is 0.339 e. The van der Waals surface area contributed by atoms with E-state index < -0.39 is 11.6 Å². The highest BCUT2D eigenvalue weighted by Gasteiger charge is 2.31. The van der Waals surface area contributed by atoms with E-state index in [0.717, 1.165) is 0 Å². The summed E-state index contributed by atoms with van der Waals surface area (Å²) in [6.45, 7) is 2.76. The van der Waals surface area contributed by atoms with Crippen molar-refractivity contribution < 1.29 is 19.7 Å². The van der Waals surface area contributed by atoms with Gasteiger partial charge in [0.1, 0.15) is 6.61 Å². The van der Waals surface area contributed by atoms with Crippen LogP contribution < -0.4 is 0 Å². The summed E-state index contributed by atoms with van der Waals surface area (Å²) >= 11 is 0. The number of ether oxygens (including phenoxy) is 1. The van der Waals surface area contributed by atoms with Crippen LogP contribution in [0.25, 0.3) is 0 Å². The Balaban J connectivity index is 2.62. The highest BCUT2D eigenvalue weighted by molar-refractivity contribution is 5.76. The van der Waals surface area contributed by atoms with Crippen molar-refractivity contribution in [1.82, 2.24) is 0 Å². The molecule has 1 aliphatic carbocycles. The van der Waals surface area contributed by atoms with E-state index in [1.807, 2.05) is 6.92 Å². The zero-order valence-electron chi connectivity index (χ0n) is 9.80. The fourth-order valence-electron chi connectivity index (χ4n) is 1.38. The maximum atomic E-state index is 10.7. The number of rotatable bonds is 4. The number of hydrogen-bond acceptors (Lipinski definition) is 4. The Morgan fingerprint density at radius 3 is 2.82 bits per heavy atom. The first-order chi connectivity index (χ1) is 7.86. The zero-order chi connectivity index (χ0) is 13.1. The van der Waals surface area contributed by atoms with E-state index in [1.54, 1.807) is 12.2 Å². The van der Waals surface area contributed by atoms with Gasteiger partial charge in [-0.25, -0.2) is 4.79 Å². The third kappa shape index (κ3) is 3.33. The summed E-state index contributed by atoms with van der Waals surface area (Å²) in [5, 5.41) is 26.9. The first kappa shape index (κ1) is 13.3. The lowest BCUT2D eigenvalue weighted by molar-refractivity contribution is -0.161. The van der Waals surface area contributed by atoms with Crippen molar-refractivity contribution in [3.05, 3.63) is 23.5 Å². The summed E-state index contributed by atoms with van der Waals surface area (Å²) < 4.78 is 5.25. The SMILES string of the molecule is CC1CC(OC[C@](C)(O)C(=O)O)=CC=C1C#N. The Hall–Kier alpha value is -1.80. The molecule has 2 N–H and O–H groups in total. The summed E-state index contributed by atoms with van der Waals surface area (Å²) in [5.74, 6) is -0.692. The van der Waals surface area contributed by atoms with Crippen molar-refractivity contribution in [2.24, 2.45) is 5.92 Å². The molecule has 0 radical (unpaired) electrons. The van der Waals surface area contributed by atoms with Crippen molar-refractivity contribution in [1.29, 1.82) is 5.26 Å². The highest BCUT2D eigenvalue weighted by Crippen LogP contribution is 2.25. The lowest BCUT2D eigenvalue weighted by Crippen LogP contribution is -2.39. The molecule has 1 unspecified atom stereocenters. The van der Waals surface area contributed by atoms with Crippen LogP contribution in [0.5, 0.6) is 0 Å². The fourth-order valence-corrected chi connectivity index (χ4v) is 1.38. The second-order valence-electron chi connectivity index (χ2n) is 4.34. The van der Waals surface area contributed by atoms with E-state index >= 15 is 0 Å². The third-order valence-electron chi connectivity index (χ3n) is 2.62. The summed E-state index contributed by atoms with van der Waals surface area (Å²) in [5.41, 5.74) is -1.23. The van der Waals surface area contributed by atoms with E-state index in [1.165, 1.54) is 6.92 Å². The summed E-state index contributed by atoms with van der Waals surface area (Å²) in [6, 6.07) is 2.08. The molecule has 17 heavy (non-hydrogen) atoms. The van der Waals surface area contributed by atoms with Gasteiger partial charge in [0.05, 0.1) is 11.8 Å². The minimum absolute atomic E-state index is 0.0507. The van der Waals surface area contributed by atoms with Gasteiger partial charge in [-0.05, 0) is 25.0 Å². The van der Waals surface area contributed by atoms with Crippen LogP contribution in [0.3, 0.4) is 0 Å². The van der Waals surface area contributed by atoms with Crippen molar-refractivity contribution in [2.45, 2.75) is 25.9 Å². The van der Waals surface area contributed by atoms with Crippen molar-refractivity contribution in [2.75, 3.05) is 6.61 Å². The predicted molar refractivity (Wildman–Crippen MR) is 59.8 cm³/mol. The summed E-state index contributed by atoms with van der Waals surface area (Å²) in [7, 11) is 0. The molecule has 0 heterocycles. The average molecular weight is 237 g/mol. The number of carboxylic acids is 1. The molecular weight excluding hydrogens is 222 g/mol. The number of nitrogens with zero attached hydrogens (tertiary/aromatic N) is 1. The predicted octanol–water partition coefficient (Wildman–Crippen LogP) is 1.21. The summed E-state index contributed by atoms with van der Waals surface area (Å²) in [4.78, 5) is 10.7. The van der Waals surface area contributed by atoms with Crippen LogP contribution >= 0.6 is 0 Å². The molecule has 1 aliphatic rings. The molecule has 92 valence electrons. The molecule has 0 aliphatic heterocycles. The first-order valence-corrected chi connectivity index (χ1v) is 5.26. The minimum atomic E-state index is -1.90. The molecule has 0 aromatic carbocycles. The van der Waals surface area contributed by atoms with Gasteiger partial charge in [0, 0.05) is 12.0 Å². The second-order valence-corrected chi connectivity index (χ2v) is 4.34. The van der Waals surface area contributed by atoms with Gasteiger partial charge in [-0.2, -0.15) is 5.26 Å². The van der Waals surface area contributed by atoms with Gasteiger partial charge in [0.2, 0.25) is 0 Å². The second kappa shape index (κ2) is 5.02. The molecule has 2 atom stereocenters. The van der Waals surface area contributed by atoms with Gasteiger partial charge in [-0.1, -0.05) is 6.92 Å². The molecule has 0 spiro atoms. The molecule has 0 aromatic heterocycles. The Kier molecular flexibility index (Phi) is 3.92. The Morgan fingerprint density at radius 1 is 1.71 bits per heavy atom. The number of hydrogen-bond donors (Lipinski definition) is 2. The molecule has 0 amide bonds. The van der Waals surface area contributed by atoms with E-state index in [4.69, 9.17) is 15.1 Å². The third-order valence-corrected chi connectivity index (χ3v) is 2.62. The summed E-state index contributed by atoms with van der Waals surface area (Å²) in [6.07, 6.45) is 3.82. The van der Waals surface area contributed by atoms with Crippen LogP contribution in [0, 0.1) is 17.2 Å². The Morgan fingerprint density at radius 2 is 2.35 bits per heavy atom. The van der Waals surface area contributed by atoms with Gasteiger partial charge < -0.3 is 14.9 Å². The molecule has 0 saturated carbocycles. The van der Waals surface area contributed by atoms with Gasteiger partial charge in [0.15, 0.2) is 5.60 Å². The van der Waals surface area contributed by atoms with E-state index in [-0.39, 0.29) is 12.5 Å². The number of carbonyl (C=O) groups is 1. The number of allylic oxidation sites excluding steroid dienone is 4. The van der Waals surface area contributed by atoms with Crippen molar-refractivity contribution in [3.63, 3.8) is 0 Å². The van der Waals surface area contributed by atoms with Crippen LogP contribution in [-0.4, -0.2) is 28.4 Å². The molecule has 5 heteroatoms. The van der Waals surface area contributed by atoms with Crippen LogP contribution in [0.1, 0.15) is 20.3 Å². The fraction of sp³-hybridized carbons (Fsp3) is 0.500. The number of aliphatic carboxylic acids is 1. The zero-order valence-corrected chi connectivity index (χ0v) is 9.80. The van der Waals surface area contributed by atoms with Crippen LogP contribution in [0.2, 0.25) is 0 Å². The molecule has 0 bridgehead atoms. The molecule has 0 aromatic rings. The van der Waals surface area contributed by atoms with Gasteiger partial charge in [0.25, 0.3) is 0 Å². The van der Waals surface area contributed by atoms with Crippen molar-refractivity contribution in [3.8, 4) is 6.07 Å². The van der Waals surface area contributed by atoms with Gasteiger partial charge in [-0.15, -0.1) is 0 Å². The van der Waals surface area contributed by atoms with E-state index in [2.05, 4.69) is 6.07 Å². The van der Waals surface area contributed by atoms with Crippen molar-refractivity contribution >= 4 is 5.97 Å². The molecule has 0 fully saturated rings. The highest BCUT2D eigenvalue weighted by atomic mass is 16.5. The van der Waals surface area contributed by atoms with Crippen LogP contribution in [0.15, 0.2) is 23.5 Å². The molecule has 0 saturated heterocycles. The number of carboxylic acid groups (broad SMARTS) is 1. The van der Waals surface area contributed by atoms with Crippen LogP contribution in [-0.2, 0) is 9.53 Å². The number of nitriles is 1. The first-order valence-electron chi connectivity index (χ1n) is 5.26. The van der Waals surface area contributed by atoms with Crippen LogP contribution in [0.4, 0.5) is 0 Å². The lowest BCUT2D eigenvalue weighted by Gasteiger charge is -2.22. The monoisotopic (exact) mass is 237 g/mol. The largest absolute Gasteiger partial charge is 0.494 e. The Labute approximate surface area is 99.6 Å². The molecule has 5 nitrogen and oxygen atoms in total. The van der Waals surface area contributed by atoms with Gasteiger partial charge >= 0.3 is 5.97 Å². The lowest BCUT2D eigenvalue weighted by atomic mass is 9.93. The number of aliphatic hydroxyl groups is 1. The maximum absolute atomic E-state index is 10.7. The Bertz CT molecular complexity index is 415. The standard InChI is InChI=1S/C12H15NO4/c1-8-5-10(4-3-9(8)6-13)17-7-12(2,16)11(14)15/h3-4,8,16H,5,7H2,1-2H3,(H,14,15)/t8?,12-/m0/s1. The average Bonchev–Trinajstić information content (AvgIpc) is 2.26. The minimum Gasteiger partial charge on any atom is -0.494 e. The molecular formula is C12H15NO4. The quantitative estimate of drug-likeness (QED) is 0.767.